The monoisotopic (exact) mass is 418 g/mol. The Hall–Kier alpha value is -2.37. The van der Waals surface area contributed by atoms with Crippen LogP contribution in [0.3, 0.4) is 0 Å². The first-order chi connectivity index (χ1) is 13.8. The topological polar surface area (TPSA) is 84.5 Å². The second-order valence-corrected chi connectivity index (χ2v) is 9.71. The van der Waals surface area contributed by atoms with Crippen molar-refractivity contribution in [2.45, 2.75) is 91.2 Å². The standard InChI is InChI=1S/C24H38N2O4/c1-17(26-22(29)18-12-14-19(15-13-18)23(2,3)4)21(28)25-16-10-8-9-11-20(27)30-24(5,6)7/h12-15,17H,8-11,16H2,1-7H3,(H,25,28)(H,26,29)/t17-/m0/s1. The highest BCUT2D eigenvalue weighted by molar-refractivity contribution is 5.97. The molecule has 1 aromatic carbocycles. The molecule has 0 aromatic heterocycles. The average molecular weight is 419 g/mol. The van der Waals surface area contributed by atoms with Crippen molar-refractivity contribution in [3.63, 3.8) is 0 Å². The number of benzene rings is 1. The molecule has 6 nitrogen and oxygen atoms in total. The number of amides is 2. The Labute approximate surface area is 181 Å². The number of carbonyl (C=O) groups excluding carboxylic acids is 3. The molecule has 0 bridgehead atoms. The number of hydrogen-bond acceptors (Lipinski definition) is 4. The fourth-order valence-corrected chi connectivity index (χ4v) is 2.80. The predicted octanol–water partition coefficient (Wildman–Crippen LogP) is 4.12. The van der Waals surface area contributed by atoms with Gasteiger partial charge in [0.2, 0.25) is 5.91 Å². The summed E-state index contributed by atoms with van der Waals surface area (Å²) in [6.45, 7) is 14.1. The Balaban J connectivity index is 2.29. The molecular formula is C24H38N2O4. The minimum atomic E-state index is -0.624. The molecule has 0 aliphatic carbocycles. The predicted molar refractivity (Wildman–Crippen MR) is 119 cm³/mol. The maximum absolute atomic E-state index is 12.4. The highest BCUT2D eigenvalue weighted by Gasteiger charge is 2.18. The van der Waals surface area contributed by atoms with E-state index in [1.54, 1.807) is 19.1 Å². The van der Waals surface area contributed by atoms with Gasteiger partial charge in [0.05, 0.1) is 0 Å². The lowest BCUT2D eigenvalue weighted by Gasteiger charge is -2.19. The first kappa shape index (κ1) is 25.7. The first-order valence-corrected chi connectivity index (χ1v) is 10.7. The fraction of sp³-hybridized carbons (Fsp3) is 0.625. The van der Waals surface area contributed by atoms with Gasteiger partial charge in [0, 0.05) is 18.5 Å². The van der Waals surface area contributed by atoms with E-state index in [0.29, 0.717) is 18.5 Å². The van der Waals surface area contributed by atoms with Crippen molar-refractivity contribution in [3.05, 3.63) is 35.4 Å². The lowest BCUT2D eigenvalue weighted by Crippen LogP contribution is -2.45. The second kappa shape index (κ2) is 11.1. The van der Waals surface area contributed by atoms with Gasteiger partial charge in [-0.15, -0.1) is 0 Å². The van der Waals surface area contributed by atoms with Crippen LogP contribution >= 0.6 is 0 Å². The Morgan fingerprint density at radius 2 is 1.53 bits per heavy atom. The molecule has 0 radical (unpaired) electrons. The summed E-state index contributed by atoms with van der Waals surface area (Å²) in [5.74, 6) is -0.685. The van der Waals surface area contributed by atoms with Crippen LogP contribution in [0, 0.1) is 0 Å². The first-order valence-electron chi connectivity index (χ1n) is 10.7. The van der Waals surface area contributed by atoms with Crippen molar-refractivity contribution in [3.8, 4) is 0 Å². The van der Waals surface area contributed by atoms with Crippen LogP contribution in [0.25, 0.3) is 0 Å². The van der Waals surface area contributed by atoms with E-state index >= 15 is 0 Å². The average Bonchev–Trinajstić information content (AvgIpc) is 2.62. The minimum Gasteiger partial charge on any atom is -0.460 e. The van der Waals surface area contributed by atoms with Gasteiger partial charge in [0.25, 0.3) is 5.91 Å². The normalized spacial score (nSPS) is 12.8. The molecule has 0 saturated carbocycles. The zero-order chi connectivity index (χ0) is 22.9. The van der Waals surface area contributed by atoms with Gasteiger partial charge in [-0.2, -0.15) is 0 Å². The Morgan fingerprint density at radius 3 is 2.07 bits per heavy atom. The van der Waals surface area contributed by atoms with Crippen LogP contribution in [0.2, 0.25) is 0 Å². The summed E-state index contributed by atoms with van der Waals surface area (Å²) in [7, 11) is 0. The number of unbranched alkanes of at least 4 members (excludes halogenated alkanes) is 2. The second-order valence-electron chi connectivity index (χ2n) is 9.71. The molecule has 2 N–H and O–H groups in total. The highest BCUT2D eigenvalue weighted by atomic mass is 16.6. The Kier molecular flexibility index (Phi) is 9.53. The largest absolute Gasteiger partial charge is 0.460 e. The van der Waals surface area contributed by atoms with Crippen LogP contribution in [-0.2, 0) is 19.7 Å². The number of carbonyl (C=O) groups is 3. The van der Waals surface area contributed by atoms with Crippen LogP contribution in [0.1, 0.15) is 90.1 Å². The molecule has 2 amide bonds. The van der Waals surface area contributed by atoms with E-state index in [0.717, 1.165) is 24.8 Å². The van der Waals surface area contributed by atoms with E-state index in [1.807, 2.05) is 32.9 Å². The molecule has 6 heteroatoms. The quantitative estimate of drug-likeness (QED) is 0.467. The van der Waals surface area contributed by atoms with E-state index in [9.17, 15) is 14.4 Å². The fourth-order valence-electron chi connectivity index (χ4n) is 2.80. The molecule has 1 rings (SSSR count). The van der Waals surface area contributed by atoms with E-state index < -0.39 is 11.6 Å². The van der Waals surface area contributed by atoms with Gasteiger partial charge < -0.3 is 15.4 Å². The molecule has 0 fully saturated rings. The Morgan fingerprint density at radius 1 is 0.933 bits per heavy atom. The Bertz CT molecular complexity index is 712. The van der Waals surface area contributed by atoms with Crippen LogP contribution in [-0.4, -0.2) is 36.0 Å². The SMILES string of the molecule is C[C@H](NC(=O)c1ccc(C(C)(C)C)cc1)C(=O)NCCCCCC(=O)OC(C)(C)C. The summed E-state index contributed by atoms with van der Waals surface area (Å²) in [6, 6.07) is 6.83. The molecule has 1 atom stereocenters. The molecule has 0 aliphatic heterocycles. The molecule has 0 heterocycles. The van der Waals surface area contributed by atoms with Gasteiger partial charge in [0.1, 0.15) is 11.6 Å². The van der Waals surface area contributed by atoms with Crippen LogP contribution in [0.15, 0.2) is 24.3 Å². The van der Waals surface area contributed by atoms with Gasteiger partial charge in [-0.3, -0.25) is 14.4 Å². The van der Waals surface area contributed by atoms with E-state index in [-0.39, 0.29) is 23.2 Å². The number of ether oxygens (including phenoxy) is 1. The number of esters is 1. The zero-order valence-electron chi connectivity index (χ0n) is 19.6. The van der Waals surface area contributed by atoms with E-state index in [4.69, 9.17) is 4.74 Å². The third kappa shape index (κ3) is 9.90. The summed E-state index contributed by atoms with van der Waals surface area (Å²) < 4.78 is 5.26. The van der Waals surface area contributed by atoms with Gasteiger partial charge in [0.15, 0.2) is 0 Å². The summed E-state index contributed by atoms with van der Waals surface area (Å²) in [5, 5.41) is 5.56. The van der Waals surface area contributed by atoms with Crippen molar-refractivity contribution < 1.29 is 19.1 Å². The molecule has 1 aromatic rings. The van der Waals surface area contributed by atoms with Crippen molar-refractivity contribution in [1.29, 1.82) is 0 Å². The molecule has 0 saturated heterocycles. The van der Waals surface area contributed by atoms with Crippen molar-refractivity contribution in [2.75, 3.05) is 6.54 Å². The van der Waals surface area contributed by atoms with E-state index in [1.165, 1.54) is 0 Å². The maximum atomic E-state index is 12.4. The highest BCUT2D eigenvalue weighted by Crippen LogP contribution is 2.22. The zero-order valence-corrected chi connectivity index (χ0v) is 19.6. The molecule has 0 unspecified atom stereocenters. The van der Waals surface area contributed by atoms with Gasteiger partial charge in [-0.25, -0.2) is 0 Å². The van der Waals surface area contributed by atoms with Crippen molar-refractivity contribution in [1.82, 2.24) is 10.6 Å². The smallest absolute Gasteiger partial charge is 0.306 e. The summed E-state index contributed by atoms with van der Waals surface area (Å²) in [5.41, 5.74) is 1.25. The number of nitrogens with one attached hydrogen (secondary N) is 2. The molecule has 0 aliphatic rings. The maximum Gasteiger partial charge on any atom is 0.306 e. The van der Waals surface area contributed by atoms with Crippen LogP contribution in [0.4, 0.5) is 0 Å². The summed E-state index contributed by atoms with van der Waals surface area (Å²) in [4.78, 5) is 36.2. The lowest BCUT2D eigenvalue weighted by atomic mass is 9.86. The number of hydrogen-bond donors (Lipinski definition) is 2. The van der Waals surface area contributed by atoms with Gasteiger partial charge >= 0.3 is 5.97 Å². The molecule has 0 spiro atoms. The number of rotatable bonds is 9. The molecular weight excluding hydrogens is 380 g/mol. The third-order valence-electron chi connectivity index (χ3n) is 4.53. The minimum absolute atomic E-state index is 0.0229. The summed E-state index contributed by atoms with van der Waals surface area (Å²) >= 11 is 0. The third-order valence-corrected chi connectivity index (χ3v) is 4.53. The lowest BCUT2D eigenvalue weighted by molar-refractivity contribution is -0.154. The van der Waals surface area contributed by atoms with Crippen LogP contribution in [0.5, 0.6) is 0 Å². The van der Waals surface area contributed by atoms with E-state index in [2.05, 4.69) is 31.4 Å². The summed E-state index contributed by atoms with van der Waals surface area (Å²) in [6.07, 6.45) is 2.69. The molecule has 168 valence electrons. The molecule has 30 heavy (non-hydrogen) atoms. The van der Waals surface area contributed by atoms with Gasteiger partial charge in [-0.1, -0.05) is 39.3 Å². The van der Waals surface area contributed by atoms with Gasteiger partial charge in [-0.05, 0) is 63.6 Å². The van der Waals surface area contributed by atoms with Crippen LogP contribution < -0.4 is 10.6 Å². The van der Waals surface area contributed by atoms with Crippen molar-refractivity contribution in [2.24, 2.45) is 0 Å². The van der Waals surface area contributed by atoms with Crippen molar-refractivity contribution >= 4 is 17.8 Å².